The zero-order chi connectivity index (χ0) is 12.4. The zero-order valence-electron chi connectivity index (χ0n) is 10.2. The molecule has 1 aliphatic rings. The summed E-state index contributed by atoms with van der Waals surface area (Å²) in [4.78, 5) is 8.42. The summed E-state index contributed by atoms with van der Waals surface area (Å²) in [7, 11) is 0. The number of hydrogen-bond acceptors (Lipinski definition) is 3. The lowest BCUT2D eigenvalue weighted by Crippen LogP contribution is -2.11. The summed E-state index contributed by atoms with van der Waals surface area (Å²) < 4.78 is 2.22. The number of pyridine rings is 1. The molecule has 0 fully saturated rings. The Morgan fingerprint density at radius 2 is 2.17 bits per heavy atom. The maximum atomic E-state index is 6.02. The molecule has 0 spiro atoms. The van der Waals surface area contributed by atoms with Crippen LogP contribution in [0.25, 0.3) is 11.3 Å². The van der Waals surface area contributed by atoms with Gasteiger partial charge in [0.1, 0.15) is 0 Å². The van der Waals surface area contributed by atoms with Crippen molar-refractivity contribution in [3.63, 3.8) is 0 Å². The smallest absolute Gasteiger partial charge is 0.0953 e. The fourth-order valence-electron chi connectivity index (χ4n) is 2.45. The molecule has 1 atom stereocenters. The van der Waals surface area contributed by atoms with Crippen LogP contribution in [0.4, 0.5) is 5.69 Å². The molecule has 2 N–H and O–H groups in total. The number of anilines is 1. The lowest BCUT2D eigenvalue weighted by atomic mass is 10.0. The normalized spacial score (nSPS) is 19.0. The molecular weight excluding hydrogens is 224 g/mol. The predicted molar refractivity (Wildman–Crippen MR) is 71.9 cm³/mol. The van der Waals surface area contributed by atoms with E-state index in [1.165, 1.54) is 0 Å². The molecule has 0 aromatic carbocycles. The minimum Gasteiger partial charge on any atom is -0.398 e. The standard InChI is InChI=1S/C14H16N4/c15-13-6-7-16-8-12(13)14-9-17-10-18(14)11-4-2-1-3-5-11/h1-2,6-11H,3-5H2,(H2,15,16). The average molecular weight is 240 g/mol. The van der Waals surface area contributed by atoms with E-state index in [1.807, 2.05) is 24.8 Å². The van der Waals surface area contributed by atoms with Crippen molar-refractivity contribution < 1.29 is 0 Å². The number of allylic oxidation sites excluding steroid dienone is 2. The van der Waals surface area contributed by atoms with Crippen LogP contribution < -0.4 is 5.73 Å². The van der Waals surface area contributed by atoms with Crippen LogP contribution in [0.2, 0.25) is 0 Å². The second-order valence-corrected chi connectivity index (χ2v) is 4.59. The summed E-state index contributed by atoms with van der Waals surface area (Å²) in [6.07, 6.45) is 15.1. The van der Waals surface area contributed by atoms with Crippen molar-refractivity contribution in [1.29, 1.82) is 0 Å². The Kier molecular flexibility index (Phi) is 2.84. The molecule has 1 unspecified atom stereocenters. The molecule has 2 heterocycles. The first-order valence-corrected chi connectivity index (χ1v) is 6.23. The fourth-order valence-corrected chi connectivity index (χ4v) is 2.45. The van der Waals surface area contributed by atoms with Gasteiger partial charge in [-0.15, -0.1) is 0 Å². The minimum atomic E-state index is 0.479. The van der Waals surface area contributed by atoms with Crippen LogP contribution in [0.15, 0.2) is 43.1 Å². The Hall–Kier alpha value is -2.10. The third kappa shape index (κ3) is 1.90. The lowest BCUT2D eigenvalue weighted by molar-refractivity contribution is 0.464. The van der Waals surface area contributed by atoms with E-state index in [2.05, 4.69) is 26.7 Å². The van der Waals surface area contributed by atoms with E-state index in [1.54, 1.807) is 6.20 Å². The molecule has 0 amide bonds. The third-order valence-electron chi connectivity index (χ3n) is 3.43. The Labute approximate surface area is 106 Å². The Morgan fingerprint density at radius 1 is 1.22 bits per heavy atom. The van der Waals surface area contributed by atoms with Crippen molar-refractivity contribution in [3.05, 3.63) is 43.1 Å². The number of aromatic nitrogens is 3. The number of imidazole rings is 1. The van der Waals surface area contributed by atoms with Crippen LogP contribution in [-0.2, 0) is 0 Å². The van der Waals surface area contributed by atoms with Gasteiger partial charge in [-0.3, -0.25) is 4.98 Å². The Morgan fingerprint density at radius 3 is 2.94 bits per heavy atom. The summed E-state index contributed by atoms with van der Waals surface area (Å²) in [5, 5.41) is 0. The predicted octanol–water partition coefficient (Wildman–Crippen LogP) is 2.81. The van der Waals surface area contributed by atoms with E-state index in [0.29, 0.717) is 6.04 Å². The molecular formula is C14H16N4. The van der Waals surface area contributed by atoms with Crippen LogP contribution in [0, 0.1) is 0 Å². The van der Waals surface area contributed by atoms with Crippen LogP contribution in [0.5, 0.6) is 0 Å². The highest BCUT2D eigenvalue weighted by Crippen LogP contribution is 2.31. The maximum Gasteiger partial charge on any atom is 0.0953 e. The van der Waals surface area contributed by atoms with Crippen molar-refractivity contribution in [2.75, 3.05) is 5.73 Å². The molecule has 0 saturated heterocycles. The highest BCUT2D eigenvalue weighted by Gasteiger charge is 2.17. The summed E-state index contributed by atoms with van der Waals surface area (Å²) in [5.74, 6) is 0. The SMILES string of the molecule is Nc1ccncc1-c1cncn1C1CC=CCC1. The fraction of sp³-hybridized carbons (Fsp3) is 0.286. The first kappa shape index (κ1) is 11.0. The number of nitrogens with zero attached hydrogens (tertiary/aromatic N) is 3. The molecule has 0 saturated carbocycles. The van der Waals surface area contributed by atoms with Crippen LogP contribution in [0.1, 0.15) is 25.3 Å². The molecule has 4 heteroatoms. The van der Waals surface area contributed by atoms with Crippen molar-refractivity contribution in [1.82, 2.24) is 14.5 Å². The highest BCUT2D eigenvalue weighted by atomic mass is 15.1. The first-order valence-electron chi connectivity index (χ1n) is 6.23. The van der Waals surface area contributed by atoms with Gasteiger partial charge in [0.25, 0.3) is 0 Å². The lowest BCUT2D eigenvalue weighted by Gasteiger charge is -2.22. The van der Waals surface area contributed by atoms with Gasteiger partial charge in [0.2, 0.25) is 0 Å². The number of hydrogen-bond donors (Lipinski definition) is 1. The van der Waals surface area contributed by atoms with Gasteiger partial charge in [-0.2, -0.15) is 0 Å². The number of nitrogen functional groups attached to an aromatic ring is 1. The van der Waals surface area contributed by atoms with Gasteiger partial charge >= 0.3 is 0 Å². The first-order chi connectivity index (χ1) is 8.86. The second-order valence-electron chi connectivity index (χ2n) is 4.59. The topological polar surface area (TPSA) is 56.7 Å². The second kappa shape index (κ2) is 4.64. The van der Waals surface area contributed by atoms with Crippen molar-refractivity contribution in [2.45, 2.75) is 25.3 Å². The van der Waals surface area contributed by atoms with Gasteiger partial charge in [0.15, 0.2) is 0 Å². The molecule has 18 heavy (non-hydrogen) atoms. The van der Waals surface area contributed by atoms with Gasteiger partial charge in [-0.25, -0.2) is 4.98 Å². The van der Waals surface area contributed by atoms with Gasteiger partial charge in [-0.05, 0) is 25.3 Å². The third-order valence-corrected chi connectivity index (χ3v) is 3.43. The van der Waals surface area contributed by atoms with Crippen molar-refractivity contribution >= 4 is 5.69 Å². The summed E-state index contributed by atoms with van der Waals surface area (Å²) in [6, 6.07) is 2.31. The van der Waals surface area contributed by atoms with E-state index in [4.69, 9.17) is 5.73 Å². The van der Waals surface area contributed by atoms with E-state index in [0.717, 1.165) is 36.2 Å². The van der Waals surface area contributed by atoms with Gasteiger partial charge in [0.05, 0.1) is 18.2 Å². The molecule has 0 bridgehead atoms. The summed E-state index contributed by atoms with van der Waals surface area (Å²) in [6.45, 7) is 0. The largest absolute Gasteiger partial charge is 0.398 e. The molecule has 2 aromatic heterocycles. The van der Waals surface area contributed by atoms with E-state index in [9.17, 15) is 0 Å². The molecule has 0 radical (unpaired) electrons. The van der Waals surface area contributed by atoms with Crippen molar-refractivity contribution in [3.8, 4) is 11.3 Å². The Bertz CT molecular complexity index is 571. The highest BCUT2D eigenvalue weighted by molar-refractivity contribution is 5.72. The van der Waals surface area contributed by atoms with Crippen LogP contribution >= 0.6 is 0 Å². The van der Waals surface area contributed by atoms with Crippen LogP contribution in [-0.4, -0.2) is 14.5 Å². The minimum absolute atomic E-state index is 0.479. The number of rotatable bonds is 2. The summed E-state index contributed by atoms with van der Waals surface area (Å²) >= 11 is 0. The van der Waals surface area contributed by atoms with E-state index < -0.39 is 0 Å². The monoisotopic (exact) mass is 240 g/mol. The molecule has 4 nitrogen and oxygen atoms in total. The molecule has 2 aromatic rings. The Balaban J connectivity index is 2.01. The maximum absolute atomic E-state index is 6.02. The number of nitrogens with two attached hydrogens (primary N) is 1. The molecule has 0 aliphatic heterocycles. The quantitative estimate of drug-likeness (QED) is 0.821. The van der Waals surface area contributed by atoms with Gasteiger partial charge in [0, 0.05) is 29.7 Å². The van der Waals surface area contributed by atoms with Gasteiger partial charge in [-0.1, -0.05) is 12.2 Å². The summed E-state index contributed by atoms with van der Waals surface area (Å²) in [5.41, 5.74) is 8.78. The molecule has 3 rings (SSSR count). The van der Waals surface area contributed by atoms with E-state index >= 15 is 0 Å². The molecule has 92 valence electrons. The van der Waals surface area contributed by atoms with Crippen molar-refractivity contribution in [2.24, 2.45) is 0 Å². The van der Waals surface area contributed by atoms with Crippen LogP contribution in [0.3, 0.4) is 0 Å². The molecule has 1 aliphatic carbocycles. The van der Waals surface area contributed by atoms with E-state index in [-0.39, 0.29) is 0 Å². The van der Waals surface area contributed by atoms with Gasteiger partial charge < -0.3 is 10.3 Å². The average Bonchev–Trinajstić information content (AvgIpc) is 2.89. The zero-order valence-corrected chi connectivity index (χ0v) is 10.2.